The van der Waals surface area contributed by atoms with Gasteiger partial charge < -0.3 is 9.64 Å². The van der Waals surface area contributed by atoms with Crippen molar-refractivity contribution in [2.75, 3.05) is 20.2 Å². The molecule has 0 aliphatic carbocycles. The van der Waals surface area contributed by atoms with Crippen LogP contribution in [0.4, 0.5) is 4.39 Å². The summed E-state index contributed by atoms with van der Waals surface area (Å²) >= 11 is 0. The standard InChI is InChI=1S/C11H19FN4O3S/c1-8(12)5-15-11(14-2)16-6-9(19-3)4-10(7-16)20(13,17)18/h5,9-10H,2,4,6-7H2,1,3H3,(H2,13,17,18)/b8-5+,15-11+/t9-,10+/m0/s1. The number of hydrogen-bond donors (Lipinski definition) is 1. The lowest BCUT2D eigenvalue weighted by Gasteiger charge is -2.36. The van der Waals surface area contributed by atoms with E-state index in [-0.39, 0.29) is 18.6 Å². The fraction of sp³-hybridized carbons (Fsp3) is 0.636. The second-order valence-electron chi connectivity index (χ2n) is 4.51. The summed E-state index contributed by atoms with van der Waals surface area (Å²) in [6.45, 7) is 5.11. The molecule has 20 heavy (non-hydrogen) atoms. The van der Waals surface area contributed by atoms with E-state index < -0.39 is 21.1 Å². The highest BCUT2D eigenvalue weighted by molar-refractivity contribution is 7.89. The van der Waals surface area contributed by atoms with Gasteiger partial charge in [-0.2, -0.15) is 0 Å². The number of rotatable bonds is 3. The van der Waals surface area contributed by atoms with Crippen LogP contribution < -0.4 is 5.14 Å². The molecule has 1 saturated heterocycles. The number of sulfonamides is 1. The van der Waals surface area contributed by atoms with Crippen LogP contribution in [-0.2, 0) is 14.8 Å². The molecule has 0 bridgehead atoms. The number of nitrogens with two attached hydrogens (primary N) is 1. The molecule has 7 nitrogen and oxygen atoms in total. The lowest BCUT2D eigenvalue weighted by molar-refractivity contribution is 0.0546. The summed E-state index contributed by atoms with van der Waals surface area (Å²) in [5, 5.41) is 4.40. The van der Waals surface area contributed by atoms with Crippen molar-refractivity contribution in [1.82, 2.24) is 4.90 Å². The molecule has 1 fully saturated rings. The van der Waals surface area contributed by atoms with E-state index in [1.54, 1.807) is 4.90 Å². The van der Waals surface area contributed by atoms with Crippen LogP contribution in [0.2, 0.25) is 0 Å². The van der Waals surface area contributed by atoms with Gasteiger partial charge in [0.25, 0.3) is 0 Å². The third kappa shape index (κ3) is 4.66. The van der Waals surface area contributed by atoms with E-state index in [0.29, 0.717) is 13.0 Å². The van der Waals surface area contributed by atoms with Crippen LogP contribution in [0.1, 0.15) is 13.3 Å². The number of methoxy groups -OCH3 is 1. The highest BCUT2D eigenvalue weighted by atomic mass is 32.2. The molecule has 2 atom stereocenters. The summed E-state index contributed by atoms with van der Waals surface area (Å²) in [7, 11) is -2.22. The summed E-state index contributed by atoms with van der Waals surface area (Å²) in [5.74, 6) is -0.355. The van der Waals surface area contributed by atoms with Gasteiger partial charge in [0.2, 0.25) is 16.0 Å². The minimum absolute atomic E-state index is 0.121. The maximum Gasteiger partial charge on any atom is 0.224 e. The summed E-state index contributed by atoms with van der Waals surface area (Å²) < 4.78 is 40.9. The van der Waals surface area contributed by atoms with E-state index in [4.69, 9.17) is 9.88 Å². The molecule has 0 saturated carbocycles. The fourth-order valence-electron chi connectivity index (χ4n) is 1.95. The largest absolute Gasteiger partial charge is 0.380 e. The Labute approximate surface area is 118 Å². The molecular weight excluding hydrogens is 287 g/mol. The number of primary sulfonamides is 1. The first-order valence-electron chi connectivity index (χ1n) is 5.94. The number of halogens is 1. The lowest BCUT2D eigenvalue weighted by Crippen LogP contribution is -2.52. The number of aliphatic imine (C=N–C) groups is 2. The van der Waals surface area contributed by atoms with Crippen LogP contribution in [0.5, 0.6) is 0 Å². The minimum atomic E-state index is -3.70. The van der Waals surface area contributed by atoms with Crippen molar-refractivity contribution in [3.8, 4) is 0 Å². The quantitative estimate of drug-likeness (QED) is 0.597. The van der Waals surface area contributed by atoms with Crippen molar-refractivity contribution < 1.29 is 17.5 Å². The van der Waals surface area contributed by atoms with E-state index in [1.807, 2.05) is 0 Å². The zero-order valence-electron chi connectivity index (χ0n) is 11.5. The molecule has 114 valence electrons. The predicted molar refractivity (Wildman–Crippen MR) is 75.7 cm³/mol. The van der Waals surface area contributed by atoms with Gasteiger partial charge in [0.1, 0.15) is 5.83 Å². The molecule has 1 rings (SSSR count). The Bertz CT molecular complexity index is 514. The van der Waals surface area contributed by atoms with Crippen molar-refractivity contribution in [3.63, 3.8) is 0 Å². The summed E-state index contributed by atoms with van der Waals surface area (Å²) in [6.07, 6.45) is 0.968. The molecule has 0 aromatic heterocycles. The zero-order chi connectivity index (χ0) is 15.3. The number of ether oxygens (including phenoxy) is 1. The Morgan fingerprint density at radius 2 is 2.20 bits per heavy atom. The van der Waals surface area contributed by atoms with E-state index in [0.717, 1.165) is 6.20 Å². The van der Waals surface area contributed by atoms with Gasteiger partial charge in [0.15, 0.2) is 0 Å². The molecule has 0 aromatic carbocycles. The predicted octanol–water partition coefficient (Wildman–Crippen LogP) is 0.252. The molecular formula is C11H19FN4O3S. The van der Waals surface area contributed by atoms with Gasteiger partial charge in [-0.05, 0) is 20.1 Å². The summed E-state index contributed by atoms with van der Waals surface area (Å²) in [5.41, 5.74) is 0. The first-order valence-corrected chi connectivity index (χ1v) is 7.55. The number of nitrogens with zero attached hydrogens (tertiary/aromatic N) is 3. The van der Waals surface area contributed by atoms with Crippen molar-refractivity contribution in [2.45, 2.75) is 24.7 Å². The SMILES string of the molecule is C=N/C(=N\C=C(/C)F)N1C[C@@H](OC)C[C@@H](S(N)(=O)=O)C1. The molecule has 1 heterocycles. The average molecular weight is 306 g/mol. The molecule has 1 aliphatic heterocycles. The van der Waals surface area contributed by atoms with Gasteiger partial charge in [0.05, 0.1) is 17.6 Å². The maximum atomic E-state index is 12.7. The second kappa shape index (κ2) is 6.91. The smallest absolute Gasteiger partial charge is 0.224 e. The second-order valence-corrected chi connectivity index (χ2v) is 6.36. The van der Waals surface area contributed by atoms with E-state index in [2.05, 4.69) is 16.7 Å². The van der Waals surface area contributed by atoms with E-state index in [1.165, 1.54) is 14.0 Å². The number of likely N-dealkylation sites (tertiary alicyclic amines) is 1. The van der Waals surface area contributed by atoms with E-state index in [9.17, 15) is 12.8 Å². The Kier molecular flexibility index (Phi) is 5.78. The van der Waals surface area contributed by atoms with Crippen molar-refractivity contribution in [3.05, 3.63) is 12.0 Å². The van der Waals surface area contributed by atoms with Crippen LogP contribution in [0.25, 0.3) is 0 Å². The fourth-order valence-corrected chi connectivity index (χ4v) is 2.82. The van der Waals surface area contributed by atoms with E-state index >= 15 is 0 Å². The highest BCUT2D eigenvalue weighted by Gasteiger charge is 2.34. The Balaban J connectivity index is 3.00. The molecule has 0 amide bonds. The molecule has 0 aromatic rings. The van der Waals surface area contributed by atoms with Crippen molar-refractivity contribution in [2.24, 2.45) is 15.1 Å². The van der Waals surface area contributed by atoms with Gasteiger partial charge in [0, 0.05) is 20.2 Å². The zero-order valence-corrected chi connectivity index (χ0v) is 12.3. The number of allylic oxidation sites excluding steroid dienone is 1. The van der Waals surface area contributed by atoms with Crippen molar-refractivity contribution >= 4 is 22.7 Å². The molecule has 2 N–H and O–H groups in total. The average Bonchev–Trinajstić information content (AvgIpc) is 2.37. The number of hydrogen-bond acceptors (Lipinski definition) is 4. The first-order chi connectivity index (χ1) is 9.27. The van der Waals surface area contributed by atoms with Gasteiger partial charge in [-0.1, -0.05) is 0 Å². The Hall–Kier alpha value is -1.32. The van der Waals surface area contributed by atoms with Crippen LogP contribution in [-0.4, -0.2) is 57.5 Å². The summed E-state index contributed by atoms with van der Waals surface area (Å²) in [6, 6.07) is 0. The Morgan fingerprint density at radius 3 is 2.65 bits per heavy atom. The molecule has 0 spiro atoms. The molecule has 0 unspecified atom stereocenters. The summed E-state index contributed by atoms with van der Waals surface area (Å²) in [4.78, 5) is 9.10. The van der Waals surface area contributed by atoms with Crippen LogP contribution in [0.15, 0.2) is 22.0 Å². The Morgan fingerprint density at radius 1 is 1.55 bits per heavy atom. The van der Waals surface area contributed by atoms with Gasteiger partial charge in [-0.3, -0.25) is 0 Å². The molecule has 9 heteroatoms. The number of piperidine rings is 1. The minimum Gasteiger partial charge on any atom is -0.380 e. The first kappa shape index (κ1) is 16.7. The van der Waals surface area contributed by atoms with Crippen LogP contribution in [0.3, 0.4) is 0 Å². The monoisotopic (exact) mass is 306 g/mol. The third-order valence-corrected chi connectivity index (χ3v) is 4.22. The topological polar surface area (TPSA) is 97.3 Å². The van der Waals surface area contributed by atoms with Crippen LogP contribution in [0, 0.1) is 0 Å². The highest BCUT2D eigenvalue weighted by Crippen LogP contribution is 2.18. The third-order valence-electron chi connectivity index (χ3n) is 2.95. The molecule has 0 radical (unpaired) electrons. The van der Waals surface area contributed by atoms with Gasteiger partial charge in [-0.15, -0.1) is 0 Å². The molecule has 1 aliphatic rings. The number of guanidine groups is 1. The van der Waals surface area contributed by atoms with Crippen molar-refractivity contribution in [1.29, 1.82) is 0 Å². The maximum absolute atomic E-state index is 12.7. The lowest BCUT2D eigenvalue weighted by atomic mass is 10.1. The normalized spacial score (nSPS) is 25.7. The van der Waals surface area contributed by atoms with Crippen LogP contribution >= 0.6 is 0 Å². The van der Waals surface area contributed by atoms with Gasteiger partial charge in [-0.25, -0.2) is 27.9 Å². The van der Waals surface area contributed by atoms with Gasteiger partial charge >= 0.3 is 0 Å².